The number of nitrogens with two attached hydrogens (primary N) is 1. The molecule has 1 saturated heterocycles. The van der Waals surface area contributed by atoms with Crippen molar-refractivity contribution in [1.29, 1.82) is 5.26 Å². The molecule has 3 N–H and O–H groups in total. The number of imide groups is 1. The lowest BCUT2D eigenvalue weighted by molar-refractivity contribution is -0.126. The average molecular weight is 581 g/mol. The molecule has 2 atom stereocenters. The SMILES string of the molecule is C[C@@H](c1nc2ccc(C(=O)N[C@H](C#N)CCCCN)cc2n1C)N1C(=O)CN(c2ccc(Oc3ccncc3)cc2)C1=O. The van der Waals surface area contributed by atoms with Gasteiger partial charge in [-0.15, -0.1) is 0 Å². The molecule has 4 amide bonds. The van der Waals surface area contributed by atoms with Gasteiger partial charge in [0.25, 0.3) is 11.8 Å². The van der Waals surface area contributed by atoms with Crippen LogP contribution in [0.1, 0.15) is 48.4 Å². The number of pyridine rings is 1. The van der Waals surface area contributed by atoms with Crippen molar-refractivity contribution >= 4 is 34.6 Å². The van der Waals surface area contributed by atoms with E-state index in [0.29, 0.717) is 52.6 Å². The Morgan fingerprint density at radius 2 is 1.81 bits per heavy atom. The molecule has 0 aliphatic carbocycles. The van der Waals surface area contributed by atoms with E-state index < -0.39 is 18.1 Å². The van der Waals surface area contributed by atoms with Gasteiger partial charge < -0.3 is 20.4 Å². The molecule has 0 radical (unpaired) electrons. The Kier molecular flexibility index (Phi) is 8.64. The fourth-order valence-corrected chi connectivity index (χ4v) is 5.08. The second-order valence-corrected chi connectivity index (χ2v) is 10.3. The Bertz CT molecular complexity index is 1680. The maximum atomic E-state index is 13.5. The van der Waals surface area contributed by atoms with Gasteiger partial charge in [-0.3, -0.25) is 24.4 Å². The van der Waals surface area contributed by atoms with Crippen LogP contribution in [-0.4, -0.2) is 56.4 Å². The Labute approximate surface area is 248 Å². The zero-order chi connectivity index (χ0) is 30.5. The summed E-state index contributed by atoms with van der Waals surface area (Å²) in [5.74, 6) is 0.998. The van der Waals surface area contributed by atoms with Crippen LogP contribution in [-0.2, 0) is 11.8 Å². The zero-order valence-electron chi connectivity index (χ0n) is 23.9. The Morgan fingerprint density at radius 3 is 2.51 bits per heavy atom. The lowest BCUT2D eigenvalue weighted by Crippen LogP contribution is -2.36. The molecule has 1 aliphatic heterocycles. The molecule has 0 bridgehead atoms. The molecule has 1 aliphatic rings. The van der Waals surface area contributed by atoms with Crippen LogP contribution in [0.25, 0.3) is 11.0 Å². The van der Waals surface area contributed by atoms with Gasteiger partial charge in [0.1, 0.15) is 29.9 Å². The summed E-state index contributed by atoms with van der Waals surface area (Å²) in [6.07, 6.45) is 5.31. The third-order valence-corrected chi connectivity index (χ3v) is 7.38. The molecule has 1 fully saturated rings. The van der Waals surface area contributed by atoms with E-state index in [2.05, 4.69) is 21.4 Å². The van der Waals surface area contributed by atoms with Crippen molar-refractivity contribution in [1.82, 2.24) is 24.8 Å². The smallest absolute Gasteiger partial charge is 0.332 e. The number of ether oxygens (including phenoxy) is 1. The number of aromatic nitrogens is 3. The third-order valence-electron chi connectivity index (χ3n) is 7.38. The van der Waals surface area contributed by atoms with Crippen molar-refractivity contribution in [2.24, 2.45) is 12.8 Å². The van der Waals surface area contributed by atoms with Gasteiger partial charge >= 0.3 is 6.03 Å². The van der Waals surface area contributed by atoms with Crippen LogP contribution in [0.3, 0.4) is 0 Å². The number of nitriles is 1. The van der Waals surface area contributed by atoms with Gasteiger partial charge in [0.15, 0.2) is 0 Å². The van der Waals surface area contributed by atoms with E-state index in [1.165, 1.54) is 9.80 Å². The number of urea groups is 1. The van der Waals surface area contributed by atoms with E-state index in [4.69, 9.17) is 10.5 Å². The number of benzene rings is 2. The number of carbonyl (C=O) groups is 3. The number of fused-ring (bicyclic) bond motifs is 1. The van der Waals surface area contributed by atoms with Crippen molar-refractivity contribution in [2.45, 2.75) is 38.3 Å². The van der Waals surface area contributed by atoms with Crippen LogP contribution in [0.15, 0.2) is 67.0 Å². The summed E-state index contributed by atoms with van der Waals surface area (Å²) in [4.78, 5) is 50.7. The van der Waals surface area contributed by atoms with Crippen molar-refractivity contribution in [3.8, 4) is 17.6 Å². The number of nitrogens with one attached hydrogen (secondary N) is 1. The van der Waals surface area contributed by atoms with Gasteiger partial charge in [0.05, 0.1) is 23.1 Å². The molecular weight excluding hydrogens is 548 g/mol. The van der Waals surface area contributed by atoms with Crippen molar-refractivity contribution in [2.75, 3.05) is 18.0 Å². The standard InChI is InChI=1S/C31H32N8O4/c1-20(29-36-26-11-6-21(17-27(26)37(29)2)30(41)35-22(18-33)5-3-4-14-32)39-28(40)19-38(31(39)42)23-7-9-24(10-8-23)43-25-12-15-34-16-13-25/h6-13,15-17,20,22H,3-5,14,19,32H2,1-2H3,(H,35,41)/t20-,22-/m0/s1. The Hall–Kier alpha value is -5.28. The molecule has 2 aromatic carbocycles. The van der Waals surface area contributed by atoms with Crippen LogP contribution in [0, 0.1) is 11.3 Å². The lowest BCUT2D eigenvalue weighted by Gasteiger charge is -2.23. The first-order valence-electron chi connectivity index (χ1n) is 14.0. The number of anilines is 1. The van der Waals surface area contributed by atoms with Crippen molar-refractivity contribution < 1.29 is 19.1 Å². The van der Waals surface area contributed by atoms with Gasteiger partial charge in [-0.1, -0.05) is 0 Å². The number of amides is 4. The van der Waals surface area contributed by atoms with Crippen LogP contribution in [0.4, 0.5) is 10.5 Å². The highest BCUT2D eigenvalue weighted by Gasteiger charge is 2.41. The van der Waals surface area contributed by atoms with E-state index in [0.717, 1.165) is 12.8 Å². The van der Waals surface area contributed by atoms with Crippen LogP contribution in [0.2, 0.25) is 0 Å². The van der Waals surface area contributed by atoms with Crippen molar-refractivity contribution in [3.05, 3.63) is 78.4 Å². The minimum Gasteiger partial charge on any atom is -0.457 e. The molecule has 0 unspecified atom stereocenters. The molecule has 12 heteroatoms. The highest BCUT2D eigenvalue weighted by atomic mass is 16.5. The zero-order valence-corrected chi connectivity index (χ0v) is 23.9. The number of carbonyl (C=O) groups excluding carboxylic acids is 3. The second kappa shape index (κ2) is 12.7. The maximum Gasteiger partial charge on any atom is 0.332 e. The van der Waals surface area contributed by atoms with E-state index in [1.807, 2.05) is 0 Å². The fourth-order valence-electron chi connectivity index (χ4n) is 5.08. The van der Waals surface area contributed by atoms with Crippen LogP contribution < -0.4 is 20.7 Å². The van der Waals surface area contributed by atoms with E-state index >= 15 is 0 Å². The first-order valence-corrected chi connectivity index (χ1v) is 14.0. The first kappa shape index (κ1) is 29.2. The summed E-state index contributed by atoms with van der Waals surface area (Å²) in [5.41, 5.74) is 7.74. The topological polar surface area (TPSA) is 159 Å². The van der Waals surface area contributed by atoms with E-state index in [-0.39, 0.29) is 18.4 Å². The molecule has 43 heavy (non-hydrogen) atoms. The molecule has 12 nitrogen and oxygen atoms in total. The maximum absolute atomic E-state index is 13.5. The average Bonchev–Trinajstić information content (AvgIpc) is 3.51. The number of imidazole rings is 1. The molecular formula is C31H32N8O4. The van der Waals surface area contributed by atoms with Gasteiger partial charge in [-0.05, 0) is 87.3 Å². The number of hydrogen-bond donors (Lipinski definition) is 2. The number of nitrogens with zero attached hydrogens (tertiary/aromatic N) is 6. The molecule has 220 valence electrons. The first-order chi connectivity index (χ1) is 20.8. The van der Waals surface area contributed by atoms with E-state index in [9.17, 15) is 19.6 Å². The van der Waals surface area contributed by atoms with Crippen LogP contribution in [0.5, 0.6) is 11.5 Å². The predicted molar refractivity (Wildman–Crippen MR) is 159 cm³/mol. The summed E-state index contributed by atoms with van der Waals surface area (Å²) in [7, 11) is 1.78. The molecule has 0 saturated carbocycles. The molecule has 2 aromatic heterocycles. The summed E-state index contributed by atoms with van der Waals surface area (Å²) in [6, 6.07) is 15.8. The van der Waals surface area contributed by atoms with Gasteiger partial charge in [0, 0.05) is 30.7 Å². The molecule has 0 spiro atoms. The quantitative estimate of drug-likeness (QED) is 0.199. The highest BCUT2D eigenvalue weighted by molar-refractivity contribution is 6.12. The monoisotopic (exact) mass is 580 g/mol. The van der Waals surface area contributed by atoms with E-state index in [1.54, 1.807) is 85.5 Å². The van der Waals surface area contributed by atoms with Gasteiger partial charge in [0.2, 0.25) is 0 Å². The summed E-state index contributed by atoms with van der Waals surface area (Å²) in [6.45, 7) is 2.18. The second-order valence-electron chi connectivity index (χ2n) is 10.3. The highest BCUT2D eigenvalue weighted by Crippen LogP contribution is 2.31. The Balaban J connectivity index is 1.30. The van der Waals surface area contributed by atoms with Gasteiger partial charge in [-0.25, -0.2) is 9.78 Å². The van der Waals surface area contributed by atoms with Gasteiger partial charge in [-0.2, -0.15) is 5.26 Å². The number of aryl methyl sites for hydroxylation is 1. The largest absolute Gasteiger partial charge is 0.457 e. The lowest BCUT2D eigenvalue weighted by atomic mass is 10.1. The Morgan fingerprint density at radius 1 is 1.09 bits per heavy atom. The fraction of sp³-hybridized carbons (Fsp3) is 0.290. The minimum absolute atomic E-state index is 0.104. The number of rotatable bonds is 11. The minimum atomic E-state index is -0.667. The normalized spacial score (nSPS) is 14.6. The number of unbranched alkanes of at least 4 members (excludes halogenated alkanes) is 1. The molecule has 3 heterocycles. The number of hydrogen-bond acceptors (Lipinski definition) is 8. The third kappa shape index (κ3) is 6.17. The molecule has 4 aromatic rings. The van der Waals surface area contributed by atoms with Crippen LogP contribution >= 0.6 is 0 Å². The summed E-state index contributed by atoms with van der Waals surface area (Å²) < 4.78 is 7.57. The summed E-state index contributed by atoms with van der Waals surface area (Å²) >= 11 is 0. The predicted octanol–water partition coefficient (Wildman–Crippen LogP) is 4.04. The molecule has 5 rings (SSSR count). The van der Waals surface area contributed by atoms with Crippen molar-refractivity contribution in [3.63, 3.8) is 0 Å². The summed E-state index contributed by atoms with van der Waals surface area (Å²) in [5, 5.41) is 12.2.